The van der Waals surface area contributed by atoms with Crippen molar-refractivity contribution >= 4 is 13.7 Å². The summed E-state index contributed by atoms with van der Waals surface area (Å²) in [7, 11) is 1.22. The number of carbonyl (C=O) groups is 1. The molecule has 0 aromatic rings. The maximum Gasteiger partial charge on any atom is 0.268 e. The first-order valence-electron chi connectivity index (χ1n) is 32.5. The smallest absolute Gasteiger partial charge is 0.268 e. The number of hydrogen-bond donors (Lipinski definition) is 2. The second-order valence-electron chi connectivity index (χ2n) is 22.7. The van der Waals surface area contributed by atoms with E-state index in [9.17, 15) is 19.4 Å². The average molecular weight is 1130 g/mol. The number of aliphatic hydroxyl groups is 1. The predicted octanol–water partition coefficient (Wildman–Crippen LogP) is 20.0. The van der Waals surface area contributed by atoms with Crippen molar-refractivity contribution in [3.05, 3.63) is 134 Å². The van der Waals surface area contributed by atoms with Crippen molar-refractivity contribution in [2.45, 2.75) is 270 Å². The van der Waals surface area contributed by atoms with Gasteiger partial charge in [0.2, 0.25) is 5.91 Å². The molecule has 0 fully saturated rings. The fourth-order valence-electron chi connectivity index (χ4n) is 8.79. The zero-order chi connectivity index (χ0) is 58.4. The number of carbonyl (C=O) groups excluding carboxylic acids is 1. The van der Waals surface area contributed by atoms with Crippen LogP contribution >= 0.6 is 7.82 Å². The third kappa shape index (κ3) is 62.2. The quantitative estimate of drug-likeness (QED) is 0.0272. The van der Waals surface area contributed by atoms with Crippen molar-refractivity contribution in [1.29, 1.82) is 0 Å². The first kappa shape index (κ1) is 76.6. The summed E-state index contributed by atoms with van der Waals surface area (Å²) in [5.74, 6) is -0.216. The zero-order valence-electron chi connectivity index (χ0n) is 52.2. The third-order valence-electron chi connectivity index (χ3n) is 13.8. The summed E-state index contributed by atoms with van der Waals surface area (Å²) >= 11 is 0. The van der Waals surface area contributed by atoms with E-state index in [0.717, 1.165) is 96.3 Å². The predicted molar refractivity (Wildman–Crippen MR) is 348 cm³/mol. The monoisotopic (exact) mass is 1130 g/mol. The number of phosphoric acid groups is 1. The summed E-state index contributed by atoms with van der Waals surface area (Å²) in [6.45, 7) is 4.50. The van der Waals surface area contributed by atoms with Crippen LogP contribution < -0.4 is 10.2 Å². The molecule has 0 spiro atoms. The van der Waals surface area contributed by atoms with E-state index in [-0.39, 0.29) is 12.5 Å². The Kier molecular flexibility index (Phi) is 57.7. The number of allylic oxidation sites excluding steroid dienone is 21. The SMILES string of the molecule is CC/C=C\C/C=C\C/C=C\C/C=C\C/C=C\C/C=C\C/C=C\C/C=C\CCCCCCCCCCCCCCCCC(=O)NC(COP(=O)([O-])OCC[N+](C)(C)C)C(O)/C=C/CC/C=C/CC/C=C/CCCCCCCCCCC. The maximum absolute atomic E-state index is 13.0. The van der Waals surface area contributed by atoms with Crippen LogP contribution in [-0.2, 0) is 18.4 Å². The third-order valence-corrected chi connectivity index (χ3v) is 14.8. The van der Waals surface area contributed by atoms with Crippen LogP contribution in [0.25, 0.3) is 0 Å². The molecule has 3 unspecified atom stereocenters. The van der Waals surface area contributed by atoms with Gasteiger partial charge in [0.05, 0.1) is 39.9 Å². The normalized spacial score (nSPS) is 14.6. The molecular formula is C71H123N2O6P. The van der Waals surface area contributed by atoms with E-state index < -0.39 is 26.6 Å². The molecule has 2 N–H and O–H groups in total. The molecule has 0 aliphatic rings. The molecule has 0 heterocycles. The van der Waals surface area contributed by atoms with Gasteiger partial charge < -0.3 is 28.8 Å². The Morgan fingerprint density at radius 3 is 1.16 bits per heavy atom. The number of likely N-dealkylation sites (N-methyl/N-ethyl adjacent to an activating group) is 1. The number of aliphatic hydroxyl groups excluding tert-OH is 1. The average Bonchev–Trinajstić information content (AvgIpc) is 3.42. The van der Waals surface area contributed by atoms with E-state index in [0.29, 0.717) is 17.4 Å². The van der Waals surface area contributed by atoms with Crippen LogP contribution in [0, 0.1) is 0 Å². The van der Waals surface area contributed by atoms with Crippen molar-refractivity contribution in [2.24, 2.45) is 0 Å². The van der Waals surface area contributed by atoms with Gasteiger partial charge in [-0.05, 0) is 109 Å². The van der Waals surface area contributed by atoms with Crippen molar-refractivity contribution < 1.29 is 32.9 Å². The fourth-order valence-corrected chi connectivity index (χ4v) is 9.51. The molecule has 0 bridgehead atoms. The molecule has 3 atom stereocenters. The summed E-state index contributed by atoms with van der Waals surface area (Å²) in [6.07, 6.45) is 91.2. The van der Waals surface area contributed by atoms with Crippen LogP contribution in [0.1, 0.15) is 258 Å². The standard InChI is InChI=1S/C71H123N2O6P/c1-6-8-10-12-14-16-18-20-22-24-26-27-28-29-30-31-32-33-34-35-36-37-38-39-40-41-42-43-44-45-47-49-51-53-55-57-59-61-63-65-71(75)72-69(68-79-80(76,77)78-67-66-73(3,4)5)70(74)64-62-60-58-56-54-52-50-48-46-25-23-21-19-17-15-13-11-9-7-2/h8,10,14,16,20,22,26-27,29-30,32-33,35-36,38-39,46,48,54,56,62,64,69-70,74H,6-7,9,11-13,15,17-19,21,23-25,28,31,34,37,40-45,47,49-53,55,57-61,63,65-68H2,1-5H3,(H-,72,75,76,77)/b10-8-,16-14-,22-20-,27-26-,30-29-,33-32-,36-35-,39-38-,48-46+,56-54+,64-62+. The van der Waals surface area contributed by atoms with Gasteiger partial charge in [0, 0.05) is 6.42 Å². The minimum Gasteiger partial charge on any atom is -0.756 e. The number of hydrogen-bond acceptors (Lipinski definition) is 6. The van der Waals surface area contributed by atoms with Crippen molar-refractivity contribution in [2.75, 3.05) is 40.9 Å². The largest absolute Gasteiger partial charge is 0.756 e. The molecule has 0 aliphatic heterocycles. The topological polar surface area (TPSA) is 108 Å². The zero-order valence-corrected chi connectivity index (χ0v) is 53.1. The Morgan fingerprint density at radius 1 is 0.450 bits per heavy atom. The summed E-state index contributed by atoms with van der Waals surface area (Å²) in [6, 6.07) is -0.918. The van der Waals surface area contributed by atoms with Crippen molar-refractivity contribution in [3.63, 3.8) is 0 Å². The Labute approximate surface area is 494 Å². The van der Waals surface area contributed by atoms with Gasteiger partial charge in [-0.25, -0.2) is 0 Å². The lowest BCUT2D eigenvalue weighted by Gasteiger charge is -2.29. The number of nitrogens with one attached hydrogen (secondary N) is 1. The first-order valence-corrected chi connectivity index (χ1v) is 34.0. The van der Waals surface area contributed by atoms with E-state index in [1.807, 2.05) is 27.2 Å². The molecule has 458 valence electrons. The molecule has 0 saturated heterocycles. The lowest BCUT2D eigenvalue weighted by molar-refractivity contribution is -0.870. The molecule has 9 heteroatoms. The molecule has 0 aromatic heterocycles. The molecule has 0 rings (SSSR count). The van der Waals surface area contributed by atoms with E-state index in [4.69, 9.17) is 9.05 Å². The van der Waals surface area contributed by atoms with Gasteiger partial charge in [-0.15, -0.1) is 0 Å². The van der Waals surface area contributed by atoms with Gasteiger partial charge in [0.1, 0.15) is 13.2 Å². The highest BCUT2D eigenvalue weighted by molar-refractivity contribution is 7.45. The highest BCUT2D eigenvalue weighted by atomic mass is 31.2. The lowest BCUT2D eigenvalue weighted by Crippen LogP contribution is -2.45. The minimum atomic E-state index is -4.62. The number of quaternary nitrogens is 1. The van der Waals surface area contributed by atoms with Gasteiger partial charge in [-0.3, -0.25) is 9.36 Å². The Bertz CT molecular complexity index is 1760. The number of nitrogens with zero attached hydrogens (tertiary/aromatic N) is 1. The van der Waals surface area contributed by atoms with E-state index in [1.54, 1.807) is 6.08 Å². The van der Waals surface area contributed by atoms with E-state index in [2.05, 4.69) is 141 Å². The summed E-state index contributed by atoms with van der Waals surface area (Å²) in [5.41, 5.74) is 0. The van der Waals surface area contributed by atoms with Crippen LogP contribution in [0.4, 0.5) is 0 Å². The molecule has 0 aromatic carbocycles. The van der Waals surface area contributed by atoms with Crippen LogP contribution in [-0.4, -0.2) is 68.5 Å². The van der Waals surface area contributed by atoms with Crippen LogP contribution in [0.15, 0.2) is 134 Å². The number of unbranched alkanes of at least 4 members (excludes halogenated alkanes) is 25. The number of phosphoric ester groups is 1. The van der Waals surface area contributed by atoms with Crippen LogP contribution in [0.2, 0.25) is 0 Å². The molecule has 8 nitrogen and oxygen atoms in total. The summed E-state index contributed by atoms with van der Waals surface area (Å²) in [4.78, 5) is 25.6. The summed E-state index contributed by atoms with van der Waals surface area (Å²) in [5, 5.41) is 13.9. The van der Waals surface area contributed by atoms with Gasteiger partial charge in [0.15, 0.2) is 0 Å². The lowest BCUT2D eigenvalue weighted by atomic mass is 10.0. The summed E-state index contributed by atoms with van der Waals surface area (Å²) < 4.78 is 23.4. The van der Waals surface area contributed by atoms with Gasteiger partial charge >= 0.3 is 0 Å². The second kappa shape index (κ2) is 60.2. The van der Waals surface area contributed by atoms with Gasteiger partial charge in [-0.2, -0.15) is 0 Å². The Morgan fingerprint density at radius 2 is 0.775 bits per heavy atom. The Balaban J connectivity index is 4.12. The van der Waals surface area contributed by atoms with Crippen molar-refractivity contribution in [3.8, 4) is 0 Å². The van der Waals surface area contributed by atoms with E-state index >= 15 is 0 Å². The maximum atomic E-state index is 13.0. The molecule has 0 saturated carbocycles. The minimum absolute atomic E-state index is 0.0142. The second-order valence-corrected chi connectivity index (χ2v) is 24.1. The highest BCUT2D eigenvalue weighted by Crippen LogP contribution is 2.38. The highest BCUT2D eigenvalue weighted by Gasteiger charge is 2.23. The Hall–Kier alpha value is -3.36. The van der Waals surface area contributed by atoms with Crippen molar-refractivity contribution in [1.82, 2.24) is 5.32 Å². The number of amides is 1. The molecule has 0 aliphatic carbocycles. The molecular weight excluding hydrogens is 1010 g/mol. The molecule has 1 amide bonds. The van der Waals surface area contributed by atoms with Gasteiger partial charge in [-0.1, -0.05) is 276 Å². The number of rotatable bonds is 58. The van der Waals surface area contributed by atoms with E-state index in [1.165, 1.54) is 141 Å². The van der Waals surface area contributed by atoms with Crippen LogP contribution in [0.5, 0.6) is 0 Å². The van der Waals surface area contributed by atoms with Crippen LogP contribution in [0.3, 0.4) is 0 Å². The molecule has 0 radical (unpaired) electrons. The first-order chi connectivity index (χ1) is 39.0. The molecule has 80 heavy (non-hydrogen) atoms. The van der Waals surface area contributed by atoms with Gasteiger partial charge in [0.25, 0.3) is 7.82 Å². The fraction of sp³-hybridized carbons (Fsp3) is 0.676.